The van der Waals surface area contributed by atoms with E-state index in [-0.39, 0.29) is 17.4 Å². The van der Waals surface area contributed by atoms with Crippen molar-refractivity contribution in [2.45, 2.75) is 46.3 Å². The topological polar surface area (TPSA) is 88.5 Å². The van der Waals surface area contributed by atoms with Crippen molar-refractivity contribution in [2.24, 2.45) is 0 Å². The van der Waals surface area contributed by atoms with Crippen LogP contribution in [0.25, 0.3) is 5.76 Å². The van der Waals surface area contributed by atoms with Crippen molar-refractivity contribution in [1.82, 2.24) is 9.80 Å². The second-order valence-electron chi connectivity index (χ2n) is 9.71. The van der Waals surface area contributed by atoms with Crippen LogP contribution in [0.1, 0.15) is 50.4 Å². The van der Waals surface area contributed by atoms with E-state index in [2.05, 4.69) is 25.3 Å². The summed E-state index contributed by atoms with van der Waals surface area (Å²) < 4.78 is 17.4. The maximum Gasteiger partial charge on any atom is 0.295 e. The van der Waals surface area contributed by atoms with E-state index < -0.39 is 17.7 Å². The molecule has 0 aromatic heterocycles. The van der Waals surface area contributed by atoms with Crippen LogP contribution in [-0.2, 0) is 16.0 Å². The Morgan fingerprint density at radius 3 is 2.59 bits per heavy atom. The van der Waals surface area contributed by atoms with Crippen LogP contribution < -0.4 is 14.2 Å². The average Bonchev–Trinajstić information content (AvgIpc) is 3.43. The van der Waals surface area contributed by atoms with Crippen LogP contribution in [0.4, 0.5) is 0 Å². The van der Waals surface area contributed by atoms with Crippen LogP contribution >= 0.6 is 0 Å². The number of likely N-dealkylation sites (tertiary alicyclic amines) is 1. The third-order valence-electron chi connectivity index (χ3n) is 7.20. The van der Waals surface area contributed by atoms with Gasteiger partial charge in [-0.1, -0.05) is 32.6 Å². The number of amides is 1. The molecule has 2 aliphatic heterocycles. The maximum absolute atomic E-state index is 13.5. The van der Waals surface area contributed by atoms with Gasteiger partial charge in [-0.15, -0.1) is 0 Å². The zero-order valence-electron chi connectivity index (χ0n) is 23.2. The number of carbonyl (C=O) groups excluding carboxylic acids is 2. The lowest BCUT2D eigenvalue weighted by Gasteiger charge is -2.28. The fourth-order valence-electron chi connectivity index (χ4n) is 5.20. The van der Waals surface area contributed by atoms with Crippen molar-refractivity contribution < 1.29 is 28.9 Å². The van der Waals surface area contributed by atoms with E-state index >= 15 is 0 Å². The molecule has 8 nitrogen and oxygen atoms in total. The summed E-state index contributed by atoms with van der Waals surface area (Å²) in [6, 6.07) is 9.95. The minimum Gasteiger partial charge on any atom is -0.507 e. The largest absolute Gasteiger partial charge is 0.507 e. The summed E-state index contributed by atoms with van der Waals surface area (Å²) in [6.07, 6.45) is 2.40. The Balaban J connectivity index is 1.82. The van der Waals surface area contributed by atoms with Crippen LogP contribution in [-0.4, -0.2) is 72.1 Å². The molecule has 0 saturated carbocycles. The Kier molecular flexibility index (Phi) is 8.97. The molecule has 1 fully saturated rings. The van der Waals surface area contributed by atoms with Gasteiger partial charge in [0.2, 0.25) is 0 Å². The molecule has 1 N–H and O–H groups in total. The van der Waals surface area contributed by atoms with Gasteiger partial charge in [-0.05, 0) is 68.4 Å². The molecule has 0 radical (unpaired) electrons. The van der Waals surface area contributed by atoms with E-state index in [1.807, 2.05) is 26.0 Å². The molecule has 1 saturated heterocycles. The van der Waals surface area contributed by atoms with Gasteiger partial charge in [0.15, 0.2) is 11.5 Å². The molecule has 208 valence electrons. The molecule has 2 aromatic carbocycles. The number of aliphatic hydroxyl groups is 1. The number of Topliss-reactive ketones (excluding diaryl/α,β-unsaturated/α-hetero) is 1. The average molecular weight is 535 g/mol. The van der Waals surface area contributed by atoms with Gasteiger partial charge in [0.25, 0.3) is 11.7 Å². The number of nitrogens with zero attached hydrogens (tertiary/aromatic N) is 2. The molecule has 2 heterocycles. The molecule has 0 spiro atoms. The van der Waals surface area contributed by atoms with E-state index in [1.165, 1.54) is 0 Å². The smallest absolute Gasteiger partial charge is 0.295 e. The zero-order chi connectivity index (χ0) is 28.1. The molecular formula is C31H38N2O6. The van der Waals surface area contributed by atoms with Gasteiger partial charge >= 0.3 is 0 Å². The Morgan fingerprint density at radius 1 is 1.13 bits per heavy atom. The number of aliphatic hydroxyl groups excluding tert-OH is 1. The van der Waals surface area contributed by atoms with E-state index in [0.717, 1.165) is 24.4 Å². The number of hydrogen-bond acceptors (Lipinski definition) is 7. The summed E-state index contributed by atoms with van der Waals surface area (Å²) in [5, 5.41) is 11.5. The number of carbonyl (C=O) groups is 2. The zero-order valence-corrected chi connectivity index (χ0v) is 23.2. The van der Waals surface area contributed by atoms with Gasteiger partial charge in [-0.3, -0.25) is 9.59 Å². The Hall–Kier alpha value is -3.78. The minimum atomic E-state index is -0.781. The highest BCUT2D eigenvalue weighted by atomic mass is 16.5. The number of likely N-dealkylation sites (N-methyl/N-ethyl adjacent to an activating group) is 1. The Bertz CT molecular complexity index is 1270. The molecule has 39 heavy (non-hydrogen) atoms. The fraction of sp³-hybridized carbons (Fsp3) is 0.419. The number of ether oxygens (including phenoxy) is 3. The first kappa shape index (κ1) is 28.2. The predicted molar refractivity (Wildman–Crippen MR) is 150 cm³/mol. The third-order valence-corrected chi connectivity index (χ3v) is 7.20. The van der Waals surface area contributed by atoms with Crippen molar-refractivity contribution in [3.05, 3.63) is 71.3 Å². The monoisotopic (exact) mass is 534 g/mol. The number of rotatable bonds is 12. The maximum atomic E-state index is 13.5. The fourth-order valence-corrected chi connectivity index (χ4v) is 5.20. The van der Waals surface area contributed by atoms with Crippen LogP contribution in [0.2, 0.25) is 0 Å². The SMILES string of the molecule is C=CCOc1ccc([C@H]2C(=C(O)c3ccc4c(c3)C[C@@H](C)O4)C(=O)C(=O)N2CCN(CC)CC)cc1OCC. The summed E-state index contributed by atoms with van der Waals surface area (Å²) in [7, 11) is 0. The van der Waals surface area contributed by atoms with Crippen molar-refractivity contribution in [3.8, 4) is 17.2 Å². The molecule has 0 bridgehead atoms. The summed E-state index contributed by atoms with van der Waals surface area (Å²) in [4.78, 5) is 30.6. The van der Waals surface area contributed by atoms with Gasteiger partial charge in [0.05, 0.1) is 18.2 Å². The predicted octanol–water partition coefficient (Wildman–Crippen LogP) is 4.74. The minimum absolute atomic E-state index is 0.0434. The number of benzene rings is 2. The van der Waals surface area contributed by atoms with Gasteiger partial charge < -0.3 is 29.1 Å². The summed E-state index contributed by atoms with van der Waals surface area (Å²) in [6.45, 7) is 15.0. The highest BCUT2D eigenvalue weighted by molar-refractivity contribution is 6.46. The number of fused-ring (bicyclic) bond motifs is 1. The highest BCUT2D eigenvalue weighted by Crippen LogP contribution is 2.42. The van der Waals surface area contributed by atoms with Crippen LogP contribution in [0, 0.1) is 0 Å². The van der Waals surface area contributed by atoms with Crippen molar-refractivity contribution in [1.29, 1.82) is 0 Å². The first-order chi connectivity index (χ1) is 18.8. The summed E-state index contributed by atoms with van der Waals surface area (Å²) in [5.74, 6) is 0.273. The number of ketones is 1. The Morgan fingerprint density at radius 2 is 1.90 bits per heavy atom. The normalized spacial score (nSPS) is 19.8. The second kappa shape index (κ2) is 12.4. The lowest BCUT2D eigenvalue weighted by Crippen LogP contribution is -2.38. The van der Waals surface area contributed by atoms with Crippen LogP contribution in [0.5, 0.6) is 17.2 Å². The van der Waals surface area contributed by atoms with Crippen molar-refractivity contribution >= 4 is 17.4 Å². The standard InChI is InChI=1S/C31H38N2O6/c1-6-16-38-25-13-10-21(19-26(25)37-9-4)28-27(30(35)31(36)33(28)15-14-32(7-2)8-3)29(34)22-11-12-24-23(18-22)17-20(5)39-24/h6,10-13,18-20,28,34H,1,7-9,14-17H2,2-5H3/t20-,28+/m1/s1. The van der Waals surface area contributed by atoms with Gasteiger partial charge in [0.1, 0.15) is 24.2 Å². The molecule has 2 aromatic rings. The summed E-state index contributed by atoms with van der Waals surface area (Å²) >= 11 is 0. The lowest BCUT2D eigenvalue weighted by molar-refractivity contribution is -0.140. The van der Waals surface area contributed by atoms with Gasteiger partial charge in [-0.2, -0.15) is 0 Å². The highest BCUT2D eigenvalue weighted by Gasteiger charge is 2.46. The summed E-state index contributed by atoms with van der Waals surface area (Å²) in [5.41, 5.74) is 2.16. The second-order valence-corrected chi connectivity index (χ2v) is 9.71. The van der Waals surface area contributed by atoms with Crippen molar-refractivity contribution in [3.63, 3.8) is 0 Å². The molecule has 2 atom stereocenters. The first-order valence-corrected chi connectivity index (χ1v) is 13.6. The van der Waals surface area contributed by atoms with Crippen LogP contribution in [0.3, 0.4) is 0 Å². The molecule has 0 unspecified atom stereocenters. The number of hydrogen-bond donors (Lipinski definition) is 1. The molecular weight excluding hydrogens is 496 g/mol. The quantitative estimate of drug-likeness (QED) is 0.182. The third kappa shape index (κ3) is 5.81. The molecule has 0 aliphatic carbocycles. The van der Waals surface area contributed by atoms with E-state index in [1.54, 1.807) is 35.2 Å². The van der Waals surface area contributed by atoms with E-state index in [0.29, 0.717) is 55.4 Å². The van der Waals surface area contributed by atoms with E-state index in [9.17, 15) is 14.7 Å². The van der Waals surface area contributed by atoms with Gasteiger partial charge in [0, 0.05) is 25.1 Å². The molecule has 8 heteroatoms. The van der Waals surface area contributed by atoms with Crippen LogP contribution in [0.15, 0.2) is 54.6 Å². The van der Waals surface area contributed by atoms with Crippen molar-refractivity contribution in [2.75, 3.05) is 39.4 Å². The molecule has 4 rings (SSSR count). The molecule has 2 aliphatic rings. The van der Waals surface area contributed by atoms with Gasteiger partial charge in [-0.25, -0.2) is 0 Å². The molecule has 1 amide bonds. The Labute approximate surface area is 230 Å². The van der Waals surface area contributed by atoms with E-state index in [4.69, 9.17) is 14.2 Å². The first-order valence-electron chi connectivity index (χ1n) is 13.6. The lowest BCUT2D eigenvalue weighted by atomic mass is 9.94.